The number of thiocarbonyl (C=S) groups is 1. The molecule has 0 spiro atoms. The van der Waals surface area contributed by atoms with E-state index in [0.29, 0.717) is 0 Å². The lowest BCUT2D eigenvalue weighted by Gasteiger charge is -2.18. The first kappa shape index (κ1) is 11.1. The minimum Gasteiger partial charge on any atom is -0.350 e. The highest BCUT2D eigenvalue weighted by molar-refractivity contribution is 7.80. The Morgan fingerprint density at radius 2 is 2.17 bits per heavy atom. The Balaban J connectivity index is 1.86. The average molecular weight is 260 g/mol. The Morgan fingerprint density at radius 3 is 2.72 bits per heavy atom. The molecule has 2 aromatic rings. The Bertz CT molecular complexity index is 549. The Kier molecular flexibility index (Phi) is 2.67. The molecule has 0 atom stereocenters. The molecule has 7 heteroatoms. The lowest BCUT2D eigenvalue weighted by molar-refractivity contribution is 0.571. The first-order valence-electron chi connectivity index (χ1n) is 5.61. The van der Waals surface area contributed by atoms with E-state index in [2.05, 4.69) is 25.1 Å². The number of rotatable bonds is 2. The molecule has 2 aromatic heterocycles. The summed E-state index contributed by atoms with van der Waals surface area (Å²) in [5.41, 5.74) is 1.01. The van der Waals surface area contributed by atoms with E-state index in [1.54, 1.807) is 17.1 Å². The van der Waals surface area contributed by atoms with Gasteiger partial charge in [0.1, 0.15) is 0 Å². The zero-order valence-corrected chi connectivity index (χ0v) is 10.7. The van der Waals surface area contributed by atoms with Crippen LogP contribution < -0.4 is 4.90 Å². The molecule has 0 radical (unpaired) electrons. The molecule has 0 aromatic carbocycles. The maximum atomic E-state index is 5.35. The van der Waals surface area contributed by atoms with Crippen molar-refractivity contribution in [3.8, 4) is 5.82 Å². The van der Waals surface area contributed by atoms with E-state index in [1.165, 1.54) is 0 Å². The van der Waals surface area contributed by atoms with Crippen LogP contribution in [-0.4, -0.2) is 50.1 Å². The molecule has 6 nitrogen and oxygen atoms in total. The Hall–Kier alpha value is -2.02. The molecule has 0 saturated carbocycles. The molecule has 1 saturated heterocycles. The second-order valence-corrected chi connectivity index (χ2v) is 4.44. The summed E-state index contributed by atoms with van der Waals surface area (Å²) >= 11 is 5.35. The van der Waals surface area contributed by atoms with Gasteiger partial charge in [0.15, 0.2) is 10.9 Å². The summed E-state index contributed by atoms with van der Waals surface area (Å²) in [6.07, 6.45) is 5.19. The van der Waals surface area contributed by atoms with Crippen LogP contribution in [0.5, 0.6) is 0 Å². The minimum atomic E-state index is 0.745. The number of aromatic nitrogens is 4. The fourth-order valence-electron chi connectivity index (χ4n) is 1.89. The first-order chi connectivity index (χ1) is 8.75. The van der Waals surface area contributed by atoms with Crippen LogP contribution in [-0.2, 0) is 0 Å². The summed E-state index contributed by atoms with van der Waals surface area (Å²) in [6.45, 7) is 1.85. The van der Waals surface area contributed by atoms with Crippen molar-refractivity contribution in [2.45, 2.75) is 0 Å². The fraction of sp³-hybridized carbons (Fsp3) is 0.273. The molecule has 1 fully saturated rings. The van der Waals surface area contributed by atoms with Gasteiger partial charge in [-0.3, -0.25) is 0 Å². The summed E-state index contributed by atoms with van der Waals surface area (Å²) in [6, 6.07) is 3.90. The number of hydrogen-bond donors (Lipinski definition) is 0. The van der Waals surface area contributed by atoms with Crippen LogP contribution in [0.15, 0.2) is 30.7 Å². The van der Waals surface area contributed by atoms with Crippen LogP contribution in [0.25, 0.3) is 5.82 Å². The van der Waals surface area contributed by atoms with E-state index < -0.39 is 0 Å². The standard InChI is InChI=1S/C11H12N6S/c1-15-6-7-16(11(15)18)9-2-3-10(12-8-9)17-5-4-13-14-17/h2-5,8H,6-7H2,1H3. The van der Waals surface area contributed by atoms with Crippen LogP contribution in [0.4, 0.5) is 5.69 Å². The van der Waals surface area contributed by atoms with Crippen LogP contribution in [0, 0.1) is 0 Å². The molecule has 92 valence electrons. The smallest absolute Gasteiger partial charge is 0.176 e. The third-order valence-electron chi connectivity index (χ3n) is 2.92. The van der Waals surface area contributed by atoms with Gasteiger partial charge in [-0.2, -0.15) is 0 Å². The van der Waals surface area contributed by atoms with Gasteiger partial charge in [-0.1, -0.05) is 5.21 Å². The maximum Gasteiger partial charge on any atom is 0.176 e. The summed E-state index contributed by atoms with van der Waals surface area (Å²) in [4.78, 5) is 8.50. The van der Waals surface area contributed by atoms with Gasteiger partial charge in [-0.15, -0.1) is 5.10 Å². The predicted molar refractivity (Wildman–Crippen MR) is 71.7 cm³/mol. The van der Waals surface area contributed by atoms with E-state index in [4.69, 9.17) is 12.2 Å². The van der Waals surface area contributed by atoms with Gasteiger partial charge in [-0.25, -0.2) is 9.67 Å². The highest BCUT2D eigenvalue weighted by atomic mass is 32.1. The van der Waals surface area contributed by atoms with Crippen molar-refractivity contribution in [1.29, 1.82) is 0 Å². The van der Waals surface area contributed by atoms with Gasteiger partial charge in [0, 0.05) is 20.1 Å². The summed E-state index contributed by atoms with van der Waals surface area (Å²) < 4.78 is 1.62. The molecule has 3 heterocycles. The minimum absolute atomic E-state index is 0.745. The second-order valence-electron chi connectivity index (χ2n) is 4.08. The molecule has 0 amide bonds. The highest BCUT2D eigenvalue weighted by Crippen LogP contribution is 2.19. The van der Waals surface area contributed by atoms with E-state index in [-0.39, 0.29) is 0 Å². The van der Waals surface area contributed by atoms with E-state index >= 15 is 0 Å². The third-order valence-corrected chi connectivity index (χ3v) is 3.45. The molecule has 0 bridgehead atoms. The maximum absolute atomic E-state index is 5.35. The number of hydrogen-bond acceptors (Lipinski definition) is 4. The first-order valence-corrected chi connectivity index (χ1v) is 6.02. The van der Waals surface area contributed by atoms with Gasteiger partial charge in [0.25, 0.3) is 0 Å². The van der Waals surface area contributed by atoms with E-state index in [1.807, 2.05) is 25.4 Å². The van der Waals surface area contributed by atoms with Crippen molar-refractivity contribution >= 4 is 23.0 Å². The molecule has 0 unspecified atom stereocenters. The van der Waals surface area contributed by atoms with Crippen LogP contribution in [0.2, 0.25) is 0 Å². The van der Waals surface area contributed by atoms with Crippen LogP contribution in [0.3, 0.4) is 0 Å². The third kappa shape index (κ3) is 1.82. The van der Waals surface area contributed by atoms with Crippen LogP contribution >= 0.6 is 12.2 Å². The molecule has 1 aliphatic rings. The van der Waals surface area contributed by atoms with Gasteiger partial charge in [-0.05, 0) is 24.4 Å². The fourth-order valence-corrected chi connectivity index (χ4v) is 2.18. The summed E-state index contributed by atoms with van der Waals surface area (Å²) in [5, 5.41) is 8.49. The predicted octanol–water partition coefficient (Wildman–Crippen LogP) is 0.699. The number of anilines is 1. The number of nitrogens with zero attached hydrogens (tertiary/aromatic N) is 6. The lowest BCUT2D eigenvalue weighted by atomic mass is 10.3. The second kappa shape index (κ2) is 4.34. The topological polar surface area (TPSA) is 50.1 Å². The summed E-state index contributed by atoms with van der Waals surface area (Å²) in [7, 11) is 2.00. The molecule has 0 aliphatic carbocycles. The quantitative estimate of drug-likeness (QED) is 0.741. The lowest BCUT2D eigenvalue weighted by Crippen LogP contribution is -2.28. The molecule has 0 N–H and O–H groups in total. The SMILES string of the molecule is CN1CCN(c2ccc(-n3ccnn3)nc2)C1=S. The van der Waals surface area contributed by atoms with Gasteiger partial charge >= 0.3 is 0 Å². The average Bonchev–Trinajstić information content (AvgIpc) is 3.02. The molecular weight excluding hydrogens is 248 g/mol. The molecular formula is C11H12N6S. The number of pyridine rings is 1. The van der Waals surface area contributed by atoms with Crippen molar-refractivity contribution in [2.24, 2.45) is 0 Å². The van der Waals surface area contributed by atoms with Crippen molar-refractivity contribution in [3.63, 3.8) is 0 Å². The van der Waals surface area contributed by atoms with Crippen molar-refractivity contribution in [2.75, 3.05) is 25.0 Å². The van der Waals surface area contributed by atoms with Gasteiger partial charge in [0.05, 0.1) is 24.3 Å². The molecule has 1 aliphatic heterocycles. The largest absolute Gasteiger partial charge is 0.350 e. The number of likely N-dealkylation sites (N-methyl/N-ethyl adjacent to an activating group) is 1. The van der Waals surface area contributed by atoms with Crippen molar-refractivity contribution in [1.82, 2.24) is 24.9 Å². The normalized spacial score (nSPS) is 15.5. The highest BCUT2D eigenvalue weighted by Gasteiger charge is 2.22. The summed E-state index contributed by atoms with van der Waals surface area (Å²) in [5.74, 6) is 0.745. The molecule has 18 heavy (non-hydrogen) atoms. The van der Waals surface area contributed by atoms with Gasteiger partial charge in [0.2, 0.25) is 0 Å². The van der Waals surface area contributed by atoms with Crippen LogP contribution in [0.1, 0.15) is 0 Å². The monoisotopic (exact) mass is 260 g/mol. The Morgan fingerprint density at radius 1 is 1.28 bits per heavy atom. The van der Waals surface area contributed by atoms with E-state index in [9.17, 15) is 0 Å². The Labute approximate surface area is 110 Å². The van der Waals surface area contributed by atoms with Crippen molar-refractivity contribution in [3.05, 3.63) is 30.7 Å². The molecule has 3 rings (SSSR count). The van der Waals surface area contributed by atoms with Crippen molar-refractivity contribution < 1.29 is 0 Å². The van der Waals surface area contributed by atoms with Gasteiger partial charge < -0.3 is 9.80 Å². The zero-order chi connectivity index (χ0) is 12.5. The zero-order valence-electron chi connectivity index (χ0n) is 9.89. The van der Waals surface area contributed by atoms with E-state index in [0.717, 1.165) is 29.7 Å².